The van der Waals surface area contributed by atoms with E-state index in [1.807, 2.05) is 0 Å². The quantitative estimate of drug-likeness (QED) is 0.862. The molecule has 0 aromatic heterocycles. The molecule has 0 radical (unpaired) electrons. The van der Waals surface area contributed by atoms with E-state index in [4.69, 9.17) is 0 Å². The van der Waals surface area contributed by atoms with E-state index in [0.29, 0.717) is 6.04 Å². The maximum absolute atomic E-state index is 3.59. The van der Waals surface area contributed by atoms with Gasteiger partial charge in [0.05, 0.1) is 0 Å². The lowest BCUT2D eigenvalue weighted by atomic mass is 9.97. The molecular formula is C15H24N2. The van der Waals surface area contributed by atoms with E-state index in [2.05, 4.69) is 50.3 Å². The standard InChI is InChI=1S/C15H24N2/c1-11-8-13(10-14-6-5-7-16-14)15(17(3)4)9-12(11)2/h8-9,14,16H,5-7,10H2,1-4H3. The highest BCUT2D eigenvalue weighted by Crippen LogP contribution is 2.25. The van der Waals surface area contributed by atoms with Gasteiger partial charge in [0.1, 0.15) is 0 Å². The molecule has 0 saturated carbocycles. The van der Waals surface area contributed by atoms with Gasteiger partial charge in [-0.25, -0.2) is 0 Å². The normalized spacial score (nSPS) is 19.6. The molecule has 94 valence electrons. The summed E-state index contributed by atoms with van der Waals surface area (Å²) in [5.74, 6) is 0. The number of hydrogen-bond donors (Lipinski definition) is 1. The number of rotatable bonds is 3. The molecule has 2 rings (SSSR count). The van der Waals surface area contributed by atoms with Crippen LogP contribution in [-0.4, -0.2) is 26.7 Å². The van der Waals surface area contributed by atoms with Crippen LogP contribution < -0.4 is 10.2 Å². The average Bonchev–Trinajstić information content (AvgIpc) is 2.75. The summed E-state index contributed by atoms with van der Waals surface area (Å²) in [5, 5.41) is 3.59. The summed E-state index contributed by atoms with van der Waals surface area (Å²) in [7, 11) is 4.27. The summed E-state index contributed by atoms with van der Waals surface area (Å²) < 4.78 is 0. The summed E-state index contributed by atoms with van der Waals surface area (Å²) in [5.41, 5.74) is 5.65. The van der Waals surface area contributed by atoms with E-state index in [1.54, 1.807) is 0 Å². The summed E-state index contributed by atoms with van der Waals surface area (Å²) in [6, 6.07) is 5.36. The Kier molecular flexibility index (Phi) is 3.72. The molecule has 0 spiro atoms. The molecule has 1 heterocycles. The molecule has 1 unspecified atom stereocenters. The fourth-order valence-electron chi connectivity index (χ4n) is 2.64. The first-order valence-corrected chi connectivity index (χ1v) is 6.59. The number of hydrogen-bond acceptors (Lipinski definition) is 2. The van der Waals surface area contributed by atoms with Crippen molar-refractivity contribution in [3.63, 3.8) is 0 Å². The van der Waals surface area contributed by atoms with Crippen LogP contribution in [0.3, 0.4) is 0 Å². The minimum Gasteiger partial charge on any atom is -0.377 e. The smallest absolute Gasteiger partial charge is 0.0397 e. The molecule has 1 saturated heterocycles. The zero-order valence-electron chi connectivity index (χ0n) is 11.5. The molecule has 1 aromatic rings. The van der Waals surface area contributed by atoms with Crippen molar-refractivity contribution in [1.29, 1.82) is 0 Å². The molecule has 1 aliphatic heterocycles. The van der Waals surface area contributed by atoms with Crippen molar-refractivity contribution in [2.24, 2.45) is 0 Å². The van der Waals surface area contributed by atoms with Crippen LogP contribution in [0.5, 0.6) is 0 Å². The van der Waals surface area contributed by atoms with Crippen molar-refractivity contribution in [1.82, 2.24) is 5.32 Å². The van der Waals surface area contributed by atoms with E-state index in [9.17, 15) is 0 Å². The van der Waals surface area contributed by atoms with E-state index in [-0.39, 0.29) is 0 Å². The third kappa shape index (κ3) is 2.81. The summed E-state index contributed by atoms with van der Waals surface area (Å²) >= 11 is 0. The molecule has 17 heavy (non-hydrogen) atoms. The first-order chi connectivity index (χ1) is 8.08. The molecule has 0 amide bonds. The minimum atomic E-state index is 0.677. The highest BCUT2D eigenvalue weighted by molar-refractivity contribution is 5.56. The zero-order valence-corrected chi connectivity index (χ0v) is 11.5. The van der Waals surface area contributed by atoms with E-state index >= 15 is 0 Å². The van der Waals surface area contributed by atoms with Crippen molar-refractivity contribution in [3.05, 3.63) is 28.8 Å². The second-order valence-corrected chi connectivity index (χ2v) is 5.46. The highest BCUT2D eigenvalue weighted by atomic mass is 15.1. The Bertz CT molecular complexity index is 390. The first kappa shape index (κ1) is 12.4. The molecule has 2 nitrogen and oxygen atoms in total. The first-order valence-electron chi connectivity index (χ1n) is 6.59. The van der Waals surface area contributed by atoms with Crippen molar-refractivity contribution < 1.29 is 0 Å². The van der Waals surface area contributed by atoms with Crippen LogP contribution in [0.25, 0.3) is 0 Å². The van der Waals surface area contributed by atoms with Crippen LogP contribution >= 0.6 is 0 Å². The van der Waals surface area contributed by atoms with Crippen molar-refractivity contribution in [3.8, 4) is 0 Å². The Morgan fingerprint density at radius 2 is 1.94 bits per heavy atom. The van der Waals surface area contributed by atoms with Crippen LogP contribution in [0.15, 0.2) is 12.1 Å². The van der Waals surface area contributed by atoms with E-state index < -0.39 is 0 Å². The second kappa shape index (κ2) is 5.09. The van der Waals surface area contributed by atoms with Gasteiger partial charge in [0.25, 0.3) is 0 Å². The molecule has 2 heteroatoms. The van der Waals surface area contributed by atoms with Gasteiger partial charge in [0, 0.05) is 25.8 Å². The SMILES string of the molecule is Cc1cc(CC2CCCN2)c(N(C)C)cc1C. The fraction of sp³-hybridized carbons (Fsp3) is 0.600. The number of nitrogens with zero attached hydrogens (tertiary/aromatic N) is 1. The summed E-state index contributed by atoms with van der Waals surface area (Å²) in [6.07, 6.45) is 3.81. The highest BCUT2D eigenvalue weighted by Gasteiger charge is 2.17. The van der Waals surface area contributed by atoms with E-state index in [0.717, 1.165) is 6.42 Å². The largest absolute Gasteiger partial charge is 0.377 e. The average molecular weight is 232 g/mol. The molecule has 1 atom stereocenters. The fourth-order valence-corrected chi connectivity index (χ4v) is 2.64. The van der Waals surface area contributed by atoms with E-state index in [1.165, 1.54) is 41.8 Å². The molecule has 0 aliphatic carbocycles. The van der Waals surface area contributed by atoms with Gasteiger partial charge in [0.15, 0.2) is 0 Å². The molecule has 1 fully saturated rings. The van der Waals surface area contributed by atoms with Gasteiger partial charge < -0.3 is 10.2 Å². The Hall–Kier alpha value is -1.02. The predicted molar refractivity (Wildman–Crippen MR) is 75.0 cm³/mol. The molecule has 1 aromatic carbocycles. The number of nitrogens with one attached hydrogen (secondary N) is 1. The molecule has 0 bridgehead atoms. The Morgan fingerprint density at radius 1 is 1.24 bits per heavy atom. The predicted octanol–water partition coefficient (Wildman–Crippen LogP) is 2.66. The van der Waals surface area contributed by atoms with Crippen LogP contribution in [-0.2, 0) is 6.42 Å². The van der Waals surface area contributed by atoms with Gasteiger partial charge >= 0.3 is 0 Å². The van der Waals surface area contributed by atoms with Crippen LogP contribution in [0.1, 0.15) is 29.5 Å². The third-order valence-electron chi connectivity index (χ3n) is 3.81. The minimum absolute atomic E-state index is 0.677. The van der Waals surface area contributed by atoms with Crippen molar-refractivity contribution >= 4 is 5.69 Å². The van der Waals surface area contributed by atoms with Crippen LogP contribution in [0.4, 0.5) is 5.69 Å². The van der Waals surface area contributed by atoms with Gasteiger partial charge in [-0.3, -0.25) is 0 Å². The monoisotopic (exact) mass is 232 g/mol. The molecular weight excluding hydrogens is 208 g/mol. The van der Waals surface area contributed by atoms with Crippen LogP contribution in [0, 0.1) is 13.8 Å². The van der Waals surface area contributed by atoms with Gasteiger partial charge in [-0.2, -0.15) is 0 Å². The van der Waals surface area contributed by atoms with Crippen molar-refractivity contribution in [2.45, 2.75) is 39.2 Å². The molecule has 1 aliphatic rings. The third-order valence-corrected chi connectivity index (χ3v) is 3.81. The lowest BCUT2D eigenvalue weighted by molar-refractivity contribution is 0.602. The van der Waals surface area contributed by atoms with Gasteiger partial charge in [-0.15, -0.1) is 0 Å². The second-order valence-electron chi connectivity index (χ2n) is 5.46. The van der Waals surface area contributed by atoms with Gasteiger partial charge in [0.2, 0.25) is 0 Å². The number of benzene rings is 1. The number of aryl methyl sites for hydroxylation is 2. The Labute approximate surface area is 105 Å². The lowest BCUT2D eigenvalue weighted by Crippen LogP contribution is -2.25. The number of anilines is 1. The summed E-state index contributed by atoms with van der Waals surface area (Å²) in [4.78, 5) is 2.23. The maximum atomic E-state index is 3.59. The topological polar surface area (TPSA) is 15.3 Å². The van der Waals surface area contributed by atoms with Crippen LogP contribution in [0.2, 0.25) is 0 Å². The lowest BCUT2D eigenvalue weighted by Gasteiger charge is -2.21. The van der Waals surface area contributed by atoms with Gasteiger partial charge in [-0.1, -0.05) is 6.07 Å². The zero-order chi connectivity index (χ0) is 12.4. The Morgan fingerprint density at radius 3 is 2.53 bits per heavy atom. The van der Waals surface area contributed by atoms with Gasteiger partial charge in [-0.05, 0) is 62.4 Å². The molecule has 1 N–H and O–H groups in total. The summed E-state index contributed by atoms with van der Waals surface area (Å²) in [6.45, 7) is 5.59. The Balaban J connectivity index is 2.26. The maximum Gasteiger partial charge on any atom is 0.0397 e. The van der Waals surface area contributed by atoms with Crippen molar-refractivity contribution in [2.75, 3.05) is 25.5 Å².